The Morgan fingerprint density at radius 1 is 1.53 bits per heavy atom. The second-order valence-corrected chi connectivity index (χ2v) is 5.00. The molecule has 3 atom stereocenters. The first-order chi connectivity index (χ1) is 8.13. The van der Waals surface area contributed by atoms with E-state index in [2.05, 4.69) is 12.2 Å². The van der Waals surface area contributed by atoms with Crippen LogP contribution in [-0.2, 0) is 9.53 Å². The molecule has 0 radical (unpaired) electrons. The highest BCUT2D eigenvalue weighted by Crippen LogP contribution is 2.25. The lowest BCUT2D eigenvalue weighted by molar-refractivity contribution is -0.140. The van der Waals surface area contributed by atoms with Gasteiger partial charge in [-0.05, 0) is 31.7 Å². The molecule has 2 N–H and O–H groups in total. The molecule has 0 aliphatic heterocycles. The molecule has 3 unspecified atom stereocenters. The van der Waals surface area contributed by atoms with Gasteiger partial charge in [-0.15, -0.1) is 0 Å². The van der Waals surface area contributed by atoms with Gasteiger partial charge in [-0.25, -0.2) is 0 Å². The van der Waals surface area contributed by atoms with Crippen LogP contribution < -0.4 is 5.32 Å². The fourth-order valence-electron chi connectivity index (χ4n) is 2.44. The first-order valence-corrected chi connectivity index (χ1v) is 6.71. The molecular formula is C13H25NO3. The third-order valence-electron chi connectivity index (χ3n) is 3.40. The van der Waals surface area contributed by atoms with Crippen LogP contribution in [0.2, 0.25) is 0 Å². The molecule has 100 valence electrons. The van der Waals surface area contributed by atoms with Crippen molar-refractivity contribution in [1.29, 1.82) is 0 Å². The molecule has 0 saturated heterocycles. The topological polar surface area (TPSA) is 58.6 Å². The summed E-state index contributed by atoms with van der Waals surface area (Å²) in [6, 6.07) is -0.471. The van der Waals surface area contributed by atoms with Crippen molar-refractivity contribution in [3.8, 4) is 0 Å². The van der Waals surface area contributed by atoms with Gasteiger partial charge in [0.1, 0.15) is 6.04 Å². The van der Waals surface area contributed by atoms with Gasteiger partial charge in [-0.1, -0.05) is 26.7 Å². The lowest BCUT2D eigenvalue weighted by atomic mass is 9.89. The van der Waals surface area contributed by atoms with Crippen molar-refractivity contribution in [3.63, 3.8) is 0 Å². The van der Waals surface area contributed by atoms with Gasteiger partial charge in [-0.2, -0.15) is 0 Å². The summed E-state index contributed by atoms with van der Waals surface area (Å²) in [6.45, 7) is 5.40. The summed E-state index contributed by atoms with van der Waals surface area (Å²) in [4.78, 5) is 10.9. The van der Waals surface area contributed by atoms with Crippen LogP contribution in [0.25, 0.3) is 0 Å². The number of aliphatic carboxylic acids is 1. The predicted molar refractivity (Wildman–Crippen MR) is 67.1 cm³/mol. The maximum Gasteiger partial charge on any atom is 0.320 e. The molecule has 0 spiro atoms. The minimum atomic E-state index is -0.785. The second kappa shape index (κ2) is 7.67. The third kappa shape index (κ3) is 5.50. The Morgan fingerprint density at radius 2 is 2.29 bits per heavy atom. The van der Waals surface area contributed by atoms with Gasteiger partial charge in [0.05, 0.1) is 6.10 Å². The highest BCUT2D eigenvalue weighted by molar-refractivity contribution is 5.73. The Hall–Kier alpha value is -0.610. The van der Waals surface area contributed by atoms with Crippen LogP contribution in [0.15, 0.2) is 0 Å². The van der Waals surface area contributed by atoms with Crippen LogP contribution in [0.4, 0.5) is 0 Å². The zero-order chi connectivity index (χ0) is 12.7. The van der Waals surface area contributed by atoms with Gasteiger partial charge in [0, 0.05) is 6.61 Å². The first kappa shape index (κ1) is 14.5. The first-order valence-electron chi connectivity index (χ1n) is 6.71. The highest BCUT2D eigenvalue weighted by atomic mass is 16.5. The van der Waals surface area contributed by atoms with E-state index >= 15 is 0 Å². The Labute approximate surface area is 104 Å². The SMILES string of the molecule is CCNC(CCOC1CCCC(C)C1)C(=O)O. The summed E-state index contributed by atoms with van der Waals surface area (Å²) in [5.41, 5.74) is 0. The van der Waals surface area contributed by atoms with E-state index in [1.165, 1.54) is 12.8 Å². The quantitative estimate of drug-likeness (QED) is 0.718. The van der Waals surface area contributed by atoms with Crippen LogP contribution >= 0.6 is 0 Å². The number of nitrogens with one attached hydrogen (secondary N) is 1. The van der Waals surface area contributed by atoms with Gasteiger partial charge in [0.25, 0.3) is 0 Å². The van der Waals surface area contributed by atoms with E-state index in [0.717, 1.165) is 18.8 Å². The Bertz CT molecular complexity index is 233. The summed E-state index contributed by atoms with van der Waals surface area (Å²) in [6.07, 6.45) is 5.68. The van der Waals surface area contributed by atoms with Crippen LogP contribution in [0, 0.1) is 5.92 Å². The summed E-state index contributed by atoms with van der Waals surface area (Å²) >= 11 is 0. The Kier molecular flexibility index (Phi) is 6.52. The zero-order valence-corrected chi connectivity index (χ0v) is 10.9. The summed E-state index contributed by atoms with van der Waals surface area (Å²) in [7, 11) is 0. The van der Waals surface area contributed by atoms with Crippen LogP contribution in [-0.4, -0.2) is 36.4 Å². The highest BCUT2D eigenvalue weighted by Gasteiger charge is 2.21. The number of carboxylic acids is 1. The normalized spacial score (nSPS) is 26.7. The zero-order valence-electron chi connectivity index (χ0n) is 10.9. The van der Waals surface area contributed by atoms with Crippen molar-refractivity contribution in [2.24, 2.45) is 5.92 Å². The van der Waals surface area contributed by atoms with Crippen molar-refractivity contribution >= 4 is 5.97 Å². The molecule has 0 aromatic carbocycles. The van der Waals surface area contributed by atoms with Gasteiger partial charge < -0.3 is 15.2 Å². The average Bonchev–Trinajstić information content (AvgIpc) is 2.28. The molecule has 1 saturated carbocycles. The lowest BCUT2D eigenvalue weighted by Crippen LogP contribution is -2.37. The molecule has 17 heavy (non-hydrogen) atoms. The maximum atomic E-state index is 10.9. The number of carbonyl (C=O) groups is 1. The van der Waals surface area contributed by atoms with Gasteiger partial charge in [-0.3, -0.25) is 4.79 Å². The van der Waals surface area contributed by atoms with Crippen molar-refractivity contribution in [2.45, 2.75) is 58.1 Å². The molecular weight excluding hydrogens is 218 g/mol. The third-order valence-corrected chi connectivity index (χ3v) is 3.40. The summed E-state index contributed by atoms with van der Waals surface area (Å²) in [5.74, 6) is -0.0368. The van der Waals surface area contributed by atoms with Crippen LogP contribution in [0.3, 0.4) is 0 Å². The number of likely N-dealkylation sites (N-methyl/N-ethyl adjacent to an activating group) is 1. The van der Waals surface area contributed by atoms with Crippen molar-refractivity contribution in [2.75, 3.05) is 13.2 Å². The Morgan fingerprint density at radius 3 is 2.88 bits per heavy atom. The minimum absolute atomic E-state index is 0.342. The monoisotopic (exact) mass is 243 g/mol. The van der Waals surface area contributed by atoms with E-state index in [4.69, 9.17) is 9.84 Å². The van der Waals surface area contributed by atoms with Gasteiger partial charge >= 0.3 is 5.97 Å². The minimum Gasteiger partial charge on any atom is -0.480 e. The van der Waals surface area contributed by atoms with E-state index in [0.29, 0.717) is 25.7 Å². The molecule has 0 aromatic rings. The number of ether oxygens (including phenoxy) is 1. The lowest BCUT2D eigenvalue weighted by Gasteiger charge is -2.27. The van der Waals surface area contributed by atoms with Crippen molar-refractivity contribution in [3.05, 3.63) is 0 Å². The molecule has 1 fully saturated rings. The van der Waals surface area contributed by atoms with Crippen molar-refractivity contribution < 1.29 is 14.6 Å². The number of carboxylic acid groups (broad SMARTS) is 1. The molecule has 1 rings (SSSR count). The van der Waals surface area contributed by atoms with E-state index in [-0.39, 0.29) is 0 Å². The maximum absolute atomic E-state index is 10.9. The van der Waals surface area contributed by atoms with E-state index in [1.807, 2.05) is 6.92 Å². The largest absolute Gasteiger partial charge is 0.480 e. The van der Waals surface area contributed by atoms with Gasteiger partial charge in [0.2, 0.25) is 0 Å². The molecule has 1 aliphatic carbocycles. The molecule has 0 heterocycles. The fraction of sp³-hybridized carbons (Fsp3) is 0.923. The van der Waals surface area contributed by atoms with E-state index in [9.17, 15) is 4.79 Å². The fourth-order valence-corrected chi connectivity index (χ4v) is 2.44. The smallest absolute Gasteiger partial charge is 0.320 e. The molecule has 0 amide bonds. The number of hydrogen-bond acceptors (Lipinski definition) is 3. The summed E-state index contributed by atoms with van der Waals surface area (Å²) < 4.78 is 5.78. The molecule has 4 heteroatoms. The molecule has 0 aromatic heterocycles. The molecule has 0 bridgehead atoms. The van der Waals surface area contributed by atoms with E-state index in [1.54, 1.807) is 0 Å². The number of rotatable bonds is 7. The second-order valence-electron chi connectivity index (χ2n) is 5.00. The van der Waals surface area contributed by atoms with Gasteiger partial charge in [0.15, 0.2) is 0 Å². The van der Waals surface area contributed by atoms with Crippen molar-refractivity contribution in [1.82, 2.24) is 5.32 Å². The standard InChI is InChI=1S/C13H25NO3/c1-3-14-12(13(15)16)7-8-17-11-6-4-5-10(2)9-11/h10-12,14H,3-9H2,1-2H3,(H,15,16). The van der Waals surface area contributed by atoms with E-state index < -0.39 is 12.0 Å². The Balaban J connectivity index is 2.18. The van der Waals surface area contributed by atoms with Crippen LogP contribution in [0.5, 0.6) is 0 Å². The number of hydrogen-bond donors (Lipinski definition) is 2. The molecule has 4 nitrogen and oxygen atoms in total. The van der Waals surface area contributed by atoms with Crippen LogP contribution in [0.1, 0.15) is 46.0 Å². The average molecular weight is 243 g/mol. The molecule has 1 aliphatic rings. The summed E-state index contributed by atoms with van der Waals surface area (Å²) in [5, 5.41) is 11.9. The predicted octanol–water partition coefficient (Wildman–Crippen LogP) is 2.03.